The van der Waals surface area contributed by atoms with Crippen LogP contribution in [0.25, 0.3) is 11.0 Å². The number of rotatable bonds is 6. The zero-order chi connectivity index (χ0) is 23.0. The largest absolute Gasteiger partial charge is 0.350 e. The molecule has 0 spiro atoms. The van der Waals surface area contributed by atoms with Crippen molar-refractivity contribution < 1.29 is 14.0 Å². The number of nitrogens with one attached hydrogen (secondary N) is 2. The Morgan fingerprint density at radius 1 is 1.09 bits per heavy atom. The Kier molecular flexibility index (Phi) is 5.71. The lowest BCUT2D eigenvalue weighted by Gasteiger charge is -2.20. The van der Waals surface area contributed by atoms with Gasteiger partial charge in [0.25, 0.3) is 11.8 Å². The van der Waals surface area contributed by atoms with Gasteiger partial charge in [0, 0.05) is 24.7 Å². The summed E-state index contributed by atoms with van der Waals surface area (Å²) in [6.07, 6.45) is 2.15. The molecule has 0 atom stereocenters. The number of aromatic nitrogens is 3. The van der Waals surface area contributed by atoms with Gasteiger partial charge in [0.2, 0.25) is 0 Å². The summed E-state index contributed by atoms with van der Waals surface area (Å²) in [4.78, 5) is 30.1. The van der Waals surface area contributed by atoms with E-state index in [2.05, 4.69) is 36.5 Å². The lowest BCUT2D eigenvalue weighted by molar-refractivity contribution is 0.0926. The van der Waals surface area contributed by atoms with Crippen molar-refractivity contribution in [3.63, 3.8) is 0 Å². The second-order valence-corrected chi connectivity index (χ2v) is 9.23. The first-order chi connectivity index (χ1) is 15.2. The number of nitrogens with zero attached hydrogens (tertiary/aromatic N) is 3. The van der Waals surface area contributed by atoms with Crippen molar-refractivity contribution in [2.45, 2.75) is 52.0 Å². The molecule has 0 bridgehead atoms. The second kappa shape index (κ2) is 8.33. The molecule has 3 aromatic rings. The Labute approximate surface area is 186 Å². The number of carbonyl (C=O) groups excluding carboxylic acids is 2. The molecule has 2 heterocycles. The molecular weight excluding hydrogens is 409 g/mol. The van der Waals surface area contributed by atoms with Gasteiger partial charge in [-0.25, -0.2) is 14.1 Å². The van der Waals surface area contributed by atoms with Crippen LogP contribution in [0.5, 0.6) is 0 Å². The van der Waals surface area contributed by atoms with E-state index in [1.54, 1.807) is 6.07 Å². The highest BCUT2D eigenvalue weighted by atomic mass is 19.1. The van der Waals surface area contributed by atoms with Crippen molar-refractivity contribution in [2.75, 3.05) is 13.1 Å². The van der Waals surface area contributed by atoms with Gasteiger partial charge in [-0.05, 0) is 58.7 Å². The molecule has 4 rings (SSSR count). The summed E-state index contributed by atoms with van der Waals surface area (Å²) in [6, 6.07) is 7.66. The van der Waals surface area contributed by atoms with Crippen LogP contribution in [0.15, 0.2) is 30.3 Å². The molecule has 0 radical (unpaired) electrons. The predicted octanol–water partition coefficient (Wildman–Crippen LogP) is 3.67. The van der Waals surface area contributed by atoms with Crippen molar-refractivity contribution in [2.24, 2.45) is 0 Å². The summed E-state index contributed by atoms with van der Waals surface area (Å²) in [7, 11) is 0. The quantitative estimate of drug-likeness (QED) is 0.576. The fraction of sp³-hybridized carbons (Fsp3) is 0.417. The molecule has 0 aliphatic heterocycles. The highest BCUT2D eigenvalue weighted by Gasteiger charge is 2.30. The zero-order valence-corrected chi connectivity index (χ0v) is 18.8. The number of fused-ring (bicyclic) bond motifs is 1. The third-order valence-electron chi connectivity index (χ3n) is 5.52. The first-order valence-electron chi connectivity index (χ1n) is 10.9. The summed E-state index contributed by atoms with van der Waals surface area (Å²) in [6.45, 7) is 8.46. The van der Waals surface area contributed by atoms with E-state index < -0.39 is 11.7 Å². The number of aryl methyl sites for hydroxylation is 1. The van der Waals surface area contributed by atoms with Crippen LogP contribution in [0.4, 0.5) is 4.39 Å². The Balaban J connectivity index is 1.51. The number of amides is 2. The topological polar surface area (TPSA) is 88.9 Å². The lowest BCUT2D eigenvalue weighted by atomic mass is 10.1. The maximum absolute atomic E-state index is 13.7. The SMILES string of the molecule is Cc1nn(C(C)(C)C)c2nc(C3CC3)cc(C(=O)NCCNC(=O)c3ccccc3F)c12. The van der Waals surface area contributed by atoms with Gasteiger partial charge in [-0.2, -0.15) is 5.10 Å². The monoisotopic (exact) mass is 437 g/mol. The molecule has 8 heteroatoms. The summed E-state index contributed by atoms with van der Waals surface area (Å²) in [5.41, 5.74) is 2.65. The van der Waals surface area contributed by atoms with E-state index in [1.165, 1.54) is 18.2 Å². The summed E-state index contributed by atoms with van der Waals surface area (Å²) >= 11 is 0. The van der Waals surface area contributed by atoms with E-state index in [4.69, 9.17) is 4.98 Å². The van der Waals surface area contributed by atoms with Gasteiger partial charge < -0.3 is 10.6 Å². The molecule has 168 valence electrons. The van der Waals surface area contributed by atoms with Crippen LogP contribution < -0.4 is 10.6 Å². The molecule has 2 N–H and O–H groups in total. The molecule has 2 aromatic heterocycles. The van der Waals surface area contributed by atoms with E-state index in [0.717, 1.165) is 35.3 Å². The molecule has 1 aliphatic carbocycles. The van der Waals surface area contributed by atoms with Crippen LogP contribution in [0.3, 0.4) is 0 Å². The third kappa shape index (κ3) is 4.35. The van der Waals surface area contributed by atoms with Crippen LogP contribution in [-0.2, 0) is 5.54 Å². The Morgan fingerprint density at radius 2 is 1.72 bits per heavy atom. The average Bonchev–Trinajstić information content (AvgIpc) is 3.53. The maximum Gasteiger partial charge on any atom is 0.254 e. The van der Waals surface area contributed by atoms with Crippen molar-refractivity contribution in [1.29, 1.82) is 0 Å². The molecule has 1 aliphatic rings. The first kappa shape index (κ1) is 21.9. The average molecular weight is 438 g/mol. The van der Waals surface area contributed by atoms with Crippen LogP contribution in [0.2, 0.25) is 0 Å². The van der Waals surface area contributed by atoms with Crippen molar-refractivity contribution in [1.82, 2.24) is 25.4 Å². The molecule has 32 heavy (non-hydrogen) atoms. The van der Waals surface area contributed by atoms with E-state index in [-0.39, 0.29) is 30.1 Å². The van der Waals surface area contributed by atoms with E-state index in [0.29, 0.717) is 11.5 Å². The van der Waals surface area contributed by atoms with E-state index in [9.17, 15) is 14.0 Å². The van der Waals surface area contributed by atoms with Crippen molar-refractivity contribution >= 4 is 22.8 Å². The highest BCUT2D eigenvalue weighted by molar-refractivity contribution is 6.06. The van der Waals surface area contributed by atoms with Crippen LogP contribution in [-0.4, -0.2) is 39.7 Å². The Bertz CT molecular complexity index is 1190. The number of benzene rings is 1. The molecule has 0 unspecified atom stereocenters. The predicted molar refractivity (Wildman–Crippen MR) is 120 cm³/mol. The zero-order valence-electron chi connectivity index (χ0n) is 18.8. The minimum absolute atomic E-state index is 0.0195. The third-order valence-corrected chi connectivity index (χ3v) is 5.52. The normalized spacial score (nSPS) is 13.9. The van der Waals surface area contributed by atoms with Gasteiger partial charge in [-0.1, -0.05) is 12.1 Å². The van der Waals surface area contributed by atoms with Gasteiger partial charge in [-0.15, -0.1) is 0 Å². The van der Waals surface area contributed by atoms with Crippen LogP contribution in [0, 0.1) is 12.7 Å². The summed E-state index contributed by atoms with van der Waals surface area (Å²) in [5.74, 6) is -0.945. The van der Waals surface area contributed by atoms with Crippen molar-refractivity contribution in [3.05, 3.63) is 58.7 Å². The summed E-state index contributed by atoms with van der Waals surface area (Å²) in [5, 5.41) is 10.9. The molecule has 1 fully saturated rings. The lowest BCUT2D eigenvalue weighted by Crippen LogP contribution is -2.35. The maximum atomic E-state index is 13.7. The van der Waals surface area contributed by atoms with E-state index >= 15 is 0 Å². The van der Waals surface area contributed by atoms with Crippen LogP contribution in [0.1, 0.15) is 71.6 Å². The Morgan fingerprint density at radius 3 is 2.31 bits per heavy atom. The second-order valence-electron chi connectivity index (χ2n) is 9.23. The molecule has 7 nitrogen and oxygen atoms in total. The Hall–Kier alpha value is -3.29. The van der Waals surface area contributed by atoms with Gasteiger partial charge in [0.05, 0.1) is 27.7 Å². The number of hydrogen-bond donors (Lipinski definition) is 2. The molecular formula is C24H28FN5O2. The molecule has 1 aromatic carbocycles. The van der Waals surface area contributed by atoms with Gasteiger partial charge in [-0.3, -0.25) is 9.59 Å². The smallest absolute Gasteiger partial charge is 0.254 e. The summed E-state index contributed by atoms with van der Waals surface area (Å²) < 4.78 is 15.6. The minimum atomic E-state index is -0.577. The van der Waals surface area contributed by atoms with Gasteiger partial charge in [0.15, 0.2) is 5.65 Å². The van der Waals surface area contributed by atoms with Gasteiger partial charge in [0.1, 0.15) is 5.82 Å². The fourth-order valence-corrected chi connectivity index (χ4v) is 3.73. The van der Waals surface area contributed by atoms with E-state index in [1.807, 2.05) is 17.7 Å². The number of carbonyl (C=O) groups is 2. The van der Waals surface area contributed by atoms with Crippen LogP contribution >= 0.6 is 0 Å². The molecule has 2 amide bonds. The molecule has 1 saturated carbocycles. The first-order valence-corrected chi connectivity index (χ1v) is 10.9. The number of hydrogen-bond acceptors (Lipinski definition) is 4. The van der Waals surface area contributed by atoms with Crippen molar-refractivity contribution in [3.8, 4) is 0 Å². The highest BCUT2D eigenvalue weighted by Crippen LogP contribution is 2.40. The fourth-order valence-electron chi connectivity index (χ4n) is 3.73. The molecule has 0 saturated heterocycles. The minimum Gasteiger partial charge on any atom is -0.350 e. The van der Waals surface area contributed by atoms with Gasteiger partial charge >= 0.3 is 0 Å². The number of pyridine rings is 1. The standard InChI is InChI=1S/C24H28FN5O2/c1-14-20-17(13-19(15-9-10-15)28-21(20)30(29-14)24(2,3)4)23(32)27-12-11-26-22(31)16-7-5-6-8-18(16)25/h5-8,13,15H,9-12H2,1-4H3,(H,26,31)(H,27,32). The number of halogens is 1.